The molecular weight excluding hydrogens is 226 g/mol. The van der Waals surface area contributed by atoms with E-state index in [2.05, 4.69) is 5.32 Å². The van der Waals surface area contributed by atoms with E-state index in [-0.39, 0.29) is 17.4 Å². The first-order chi connectivity index (χ1) is 8.63. The van der Waals surface area contributed by atoms with Crippen molar-refractivity contribution in [2.75, 3.05) is 13.1 Å². The van der Waals surface area contributed by atoms with Crippen LogP contribution in [0.25, 0.3) is 0 Å². The summed E-state index contributed by atoms with van der Waals surface area (Å²) in [6, 6.07) is -0.322. The van der Waals surface area contributed by atoms with Gasteiger partial charge in [0.2, 0.25) is 5.91 Å². The lowest BCUT2D eigenvalue weighted by atomic mass is 9.47. The molecule has 0 saturated heterocycles. The summed E-state index contributed by atoms with van der Waals surface area (Å²) < 4.78 is 0. The number of carbonyl (C=O) groups excluding carboxylic acids is 1. The van der Waals surface area contributed by atoms with E-state index in [1.165, 1.54) is 38.5 Å². The Morgan fingerprint density at radius 3 is 2.11 bits per heavy atom. The number of nitrogens with two attached hydrogens (primary N) is 2. The molecule has 0 aliphatic heterocycles. The number of carbonyl (C=O) groups is 1. The molecule has 4 fully saturated rings. The maximum Gasteiger partial charge on any atom is 0.237 e. The lowest BCUT2D eigenvalue weighted by Crippen LogP contribution is -2.59. The van der Waals surface area contributed by atoms with Crippen molar-refractivity contribution >= 4 is 5.91 Å². The second-order valence-corrected chi connectivity index (χ2v) is 6.84. The van der Waals surface area contributed by atoms with Gasteiger partial charge in [0.1, 0.15) is 0 Å². The quantitative estimate of drug-likeness (QED) is 0.684. The molecule has 1 amide bonds. The average Bonchev–Trinajstić information content (AvgIpc) is 2.33. The van der Waals surface area contributed by atoms with E-state index in [1.54, 1.807) is 0 Å². The van der Waals surface area contributed by atoms with Gasteiger partial charge >= 0.3 is 0 Å². The van der Waals surface area contributed by atoms with Crippen molar-refractivity contribution in [2.24, 2.45) is 34.6 Å². The molecule has 0 spiro atoms. The summed E-state index contributed by atoms with van der Waals surface area (Å²) in [6.45, 7) is 1.03. The van der Waals surface area contributed by atoms with Crippen LogP contribution in [-0.4, -0.2) is 25.0 Å². The first-order valence-corrected chi connectivity index (χ1v) is 7.36. The smallest absolute Gasteiger partial charge is 0.237 e. The Hall–Kier alpha value is -0.610. The molecular formula is C14H25N3O. The van der Waals surface area contributed by atoms with Crippen LogP contribution in [-0.2, 0) is 4.79 Å². The van der Waals surface area contributed by atoms with Gasteiger partial charge in [-0.1, -0.05) is 0 Å². The third kappa shape index (κ3) is 1.95. The maximum absolute atomic E-state index is 12.1. The Balaban J connectivity index is 1.72. The van der Waals surface area contributed by atoms with Gasteiger partial charge in [0.05, 0.1) is 6.04 Å². The van der Waals surface area contributed by atoms with Crippen molar-refractivity contribution in [2.45, 2.75) is 44.6 Å². The first-order valence-electron chi connectivity index (χ1n) is 7.36. The van der Waals surface area contributed by atoms with Gasteiger partial charge in [-0.05, 0) is 61.7 Å². The highest BCUT2D eigenvalue weighted by Gasteiger charge is 2.54. The topological polar surface area (TPSA) is 81.1 Å². The number of nitrogens with one attached hydrogen (secondary N) is 1. The average molecular weight is 251 g/mol. The zero-order valence-electron chi connectivity index (χ0n) is 11.0. The summed E-state index contributed by atoms with van der Waals surface area (Å²) in [6.07, 6.45) is 7.69. The van der Waals surface area contributed by atoms with Crippen molar-refractivity contribution in [3.8, 4) is 0 Å². The second kappa shape index (κ2) is 4.49. The highest BCUT2D eigenvalue weighted by Crippen LogP contribution is 2.60. The summed E-state index contributed by atoms with van der Waals surface area (Å²) in [5, 5.41) is 2.87. The molecule has 0 aromatic carbocycles. The van der Waals surface area contributed by atoms with Crippen LogP contribution in [0.1, 0.15) is 38.5 Å². The number of rotatable bonds is 4. The van der Waals surface area contributed by atoms with E-state index in [0.29, 0.717) is 13.1 Å². The van der Waals surface area contributed by atoms with Gasteiger partial charge in [0.25, 0.3) is 0 Å². The lowest BCUT2D eigenvalue weighted by molar-refractivity contribution is -0.132. The Kier molecular flexibility index (Phi) is 3.10. The van der Waals surface area contributed by atoms with Crippen LogP contribution in [0.3, 0.4) is 0 Å². The van der Waals surface area contributed by atoms with Crippen LogP contribution in [0.5, 0.6) is 0 Å². The van der Waals surface area contributed by atoms with Crippen molar-refractivity contribution in [1.29, 1.82) is 0 Å². The van der Waals surface area contributed by atoms with Gasteiger partial charge in [-0.25, -0.2) is 0 Å². The van der Waals surface area contributed by atoms with E-state index in [4.69, 9.17) is 11.5 Å². The molecule has 4 aliphatic rings. The fraction of sp³-hybridized carbons (Fsp3) is 0.929. The fourth-order valence-corrected chi connectivity index (χ4v) is 5.14. The summed E-state index contributed by atoms with van der Waals surface area (Å²) >= 11 is 0. The predicted molar refractivity (Wildman–Crippen MR) is 70.6 cm³/mol. The zero-order valence-corrected chi connectivity index (χ0v) is 11.0. The third-order valence-electron chi connectivity index (χ3n) is 5.47. The van der Waals surface area contributed by atoms with E-state index >= 15 is 0 Å². The largest absolute Gasteiger partial charge is 0.353 e. The van der Waals surface area contributed by atoms with Gasteiger partial charge in [-0.2, -0.15) is 0 Å². The van der Waals surface area contributed by atoms with Gasteiger partial charge in [-0.15, -0.1) is 0 Å². The normalized spacial score (nSPS) is 42.9. The number of amides is 1. The highest BCUT2D eigenvalue weighted by atomic mass is 16.2. The monoisotopic (exact) mass is 251 g/mol. The molecule has 0 aromatic rings. The van der Waals surface area contributed by atoms with Crippen LogP contribution in [0.15, 0.2) is 0 Å². The van der Waals surface area contributed by atoms with Crippen molar-refractivity contribution in [1.82, 2.24) is 5.32 Å². The molecule has 1 atom stereocenters. The molecule has 0 heterocycles. The number of hydrogen-bond acceptors (Lipinski definition) is 3. The molecule has 4 nitrogen and oxygen atoms in total. The standard InChI is InChI=1S/C14H25N3O/c15-1-2-17-13(18)12(16)14-6-9-3-10(7-14)5-11(4-9)8-14/h9-12H,1-8,15-16H2,(H,17,18). The molecule has 5 N–H and O–H groups in total. The minimum Gasteiger partial charge on any atom is -0.353 e. The third-order valence-corrected chi connectivity index (χ3v) is 5.47. The van der Waals surface area contributed by atoms with Crippen molar-refractivity contribution < 1.29 is 4.79 Å². The van der Waals surface area contributed by atoms with Crippen molar-refractivity contribution in [3.63, 3.8) is 0 Å². The maximum atomic E-state index is 12.1. The highest BCUT2D eigenvalue weighted by molar-refractivity contribution is 5.82. The molecule has 4 heteroatoms. The molecule has 4 saturated carbocycles. The van der Waals surface area contributed by atoms with Gasteiger partial charge in [0.15, 0.2) is 0 Å². The minimum atomic E-state index is -0.322. The Morgan fingerprint density at radius 1 is 1.17 bits per heavy atom. The summed E-state index contributed by atoms with van der Waals surface area (Å²) in [7, 11) is 0. The molecule has 4 rings (SSSR count). The SMILES string of the molecule is NCCNC(=O)C(N)C12CC3CC(CC(C3)C1)C2. The van der Waals surface area contributed by atoms with E-state index in [1.807, 2.05) is 0 Å². The van der Waals surface area contributed by atoms with Crippen LogP contribution >= 0.6 is 0 Å². The summed E-state index contributed by atoms with van der Waals surface area (Å²) in [4.78, 5) is 12.1. The van der Waals surface area contributed by atoms with Gasteiger partial charge in [-0.3, -0.25) is 4.79 Å². The van der Waals surface area contributed by atoms with E-state index in [9.17, 15) is 4.79 Å². The first kappa shape index (κ1) is 12.4. The van der Waals surface area contributed by atoms with Gasteiger partial charge < -0.3 is 16.8 Å². The lowest BCUT2D eigenvalue weighted by Gasteiger charge is -2.58. The summed E-state index contributed by atoms with van der Waals surface area (Å²) in [5.74, 6) is 2.53. The molecule has 102 valence electrons. The molecule has 18 heavy (non-hydrogen) atoms. The Labute approximate surface area is 109 Å². The Bertz CT molecular complexity index is 307. The zero-order chi connectivity index (χ0) is 12.8. The fourth-order valence-electron chi connectivity index (χ4n) is 5.14. The molecule has 4 aliphatic carbocycles. The van der Waals surface area contributed by atoms with E-state index in [0.717, 1.165) is 17.8 Å². The minimum absolute atomic E-state index is 0.0161. The number of hydrogen-bond donors (Lipinski definition) is 3. The summed E-state index contributed by atoms with van der Waals surface area (Å²) in [5.41, 5.74) is 11.8. The van der Waals surface area contributed by atoms with E-state index < -0.39 is 0 Å². The Morgan fingerprint density at radius 2 is 1.67 bits per heavy atom. The van der Waals surface area contributed by atoms with Crippen LogP contribution < -0.4 is 16.8 Å². The second-order valence-electron chi connectivity index (χ2n) is 6.84. The van der Waals surface area contributed by atoms with Crippen LogP contribution in [0.4, 0.5) is 0 Å². The van der Waals surface area contributed by atoms with Crippen molar-refractivity contribution in [3.05, 3.63) is 0 Å². The van der Waals surface area contributed by atoms with Gasteiger partial charge in [0, 0.05) is 13.1 Å². The van der Waals surface area contributed by atoms with Crippen LogP contribution in [0.2, 0.25) is 0 Å². The predicted octanol–water partition coefficient (Wildman–Crippen LogP) is 0.605. The molecule has 0 radical (unpaired) electrons. The van der Waals surface area contributed by atoms with Crippen LogP contribution in [0, 0.1) is 23.2 Å². The molecule has 0 aromatic heterocycles. The molecule has 1 unspecified atom stereocenters. The molecule has 4 bridgehead atoms.